The second kappa shape index (κ2) is 7.51. The van der Waals surface area contributed by atoms with Gasteiger partial charge in [0.1, 0.15) is 17.6 Å². The number of rotatable bonds is 6. The van der Waals surface area contributed by atoms with Crippen LogP contribution in [0.15, 0.2) is 22.8 Å². The van der Waals surface area contributed by atoms with Crippen molar-refractivity contribution in [2.75, 3.05) is 18.0 Å². The van der Waals surface area contributed by atoms with Gasteiger partial charge in [0.05, 0.1) is 24.0 Å². The van der Waals surface area contributed by atoms with Crippen LogP contribution < -0.4 is 4.90 Å². The Bertz CT molecular complexity index is 804. The number of ether oxygens (including phenoxy) is 1. The number of furan rings is 1. The van der Waals surface area contributed by atoms with Gasteiger partial charge in [0.2, 0.25) is 0 Å². The Hall–Kier alpha value is -2.32. The molecule has 0 saturated heterocycles. The Kier molecular flexibility index (Phi) is 5.33. The molecule has 0 N–H and O–H groups in total. The molecule has 2 aromatic rings. The molecule has 5 nitrogen and oxygen atoms in total. The van der Waals surface area contributed by atoms with Crippen molar-refractivity contribution in [2.24, 2.45) is 0 Å². The average Bonchev–Trinajstić information content (AvgIpc) is 3.15. The first-order chi connectivity index (χ1) is 12.5. The van der Waals surface area contributed by atoms with E-state index in [0.29, 0.717) is 18.6 Å². The number of nitriles is 1. The number of pyridine rings is 1. The molecule has 0 aromatic carbocycles. The summed E-state index contributed by atoms with van der Waals surface area (Å²) in [5, 5.41) is 9.96. The molecule has 0 aliphatic carbocycles. The molecule has 2 aromatic heterocycles. The minimum absolute atomic E-state index is 0.294. The Morgan fingerprint density at radius 1 is 1.31 bits per heavy atom. The van der Waals surface area contributed by atoms with Crippen molar-refractivity contribution < 1.29 is 9.15 Å². The topological polar surface area (TPSA) is 62.3 Å². The van der Waals surface area contributed by atoms with Crippen molar-refractivity contribution in [1.29, 1.82) is 5.26 Å². The molecule has 0 saturated carbocycles. The Morgan fingerprint density at radius 2 is 2.12 bits per heavy atom. The van der Waals surface area contributed by atoms with E-state index in [1.165, 1.54) is 0 Å². The molecule has 0 amide bonds. The first-order valence-electron chi connectivity index (χ1n) is 9.39. The minimum atomic E-state index is -0.294. The van der Waals surface area contributed by atoms with Crippen LogP contribution >= 0.6 is 0 Å². The number of hydrogen-bond acceptors (Lipinski definition) is 5. The number of nitrogens with zero attached hydrogens (tertiary/aromatic N) is 3. The van der Waals surface area contributed by atoms with Crippen LogP contribution in [0.5, 0.6) is 0 Å². The summed E-state index contributed by atoms with van der Waals surface area (Å²) < 4.78 is 11.7. The number of hydrogen-bond donors (Lipinski definition) is 0. The van der Waals surface area contributed by atoms with Crippen molar-refractivity contribution in [2.45, 2.75) is 59.2 Å². The van der Waals surface area contributed by atoms with Gasteiger partial charge < -0.3 is 14.1 Å². The van der Waals surface area contributed by atoms with Gasteiger partial charge in [-0.3, -0.25) is 0 Å². The lowest BCUT2D eigenvalue weighted by molar-refractivity contribution is -0.0400. The summed E-state index contributed by atoms with van der Waals surface area (Å²) in [7, 11) is 0. The Balaban J connectivity index is 2.21. The molecule has 0 unspecified atom stereocenters. The summed E-state index contributed by atoms with van der Waals surface area (Å²) >= 11 is 0. The minimum Gasteiger partial charge on any atom is -0.463 e. The van der Waals surface area contributed by atoms with Crippen LogP contribution in [0.2, 0.25) is 0 Å². The molecule has 0 fully saturated rings. The Morgan fingerprint density at radius 3 is 2.73 bits per heavy atom. The van der Waals surface area contributed by atoms with Gasteiger partial charge >= 0.3 is 0 Å². The Labute approximate surface area is 155 Å². The lowest BCUT2D eigenvalue weighted by Gasteiger charge is -2.34. The van der Waals surface area contributed by atoms with Crippen LogP contribution in [0, 0.1) is 11.3 Å². The van der Waals surface area contributed by atoms with E-state index in [0.717, 1.165) is 54.3 Å². The first-order valence-corrected chi connectivity index (χ1v) is 9.39. The standard InChI is InChI=1S/C21H27N3O2/c1-5-7-10-24(6-2)20-16(13-22)15-12-21(3,4)26-14-17(15)19(23-20)18-9-8-11-25-18/h8-9,11H,5-7,10,12,14H2,1-4H3. The van der Waals surface area contributed by atoms with Gasteiger partial charge in [0.15, 0.2) is 5.76 Å². The van der Waals surface area contributed by atoms with Crippen LogP contribution in [-0.4, -0.2) is 23.7 Å². The fourth-order valence-corrected chi connectivity index (χ4v) is 3.48. The van der Waals surface area contributed by atoms with Crippen LogP contribution in [-0.2, 0) is 17.8 Å². The van der Waals surface area contributed by atoms with E-state index in [1.807, 2.05) is 12.1 Å². The van der Waals surface area contributed by atoms with Gasteiger partial charge in [-0.15, -0.1) is 0 Å². The molecule has 26 heavy (non-hydrogen) atoms. The van der Waals surface area contributed by atoms with E-state index < -0.39 is 0 Å². The maximum atomic E-state index is 9.96. The summed E-state index contributed by atoms with van der Waals surface area (Å²) in [6.07, 6.45) is 4.53. The van der Waals surface area contributed by atoms with Gasteiger partial charge in [0, 0.05) is 25.1 Å². The normalized spacial score (nSPS) is 15.3. The van der Waals surface area contributed by atoms with Gasteiger partial charge in [-0.05, 0) is 44.9 Å². The van der Waals surface area contributed by atoms with Crippen molar-refractivity contribution in [3.05, 3.63) is 35.1 Å². The molecule has 138 valence electrons. The molecule has 0 bridgehead atoms. The predicted molar refractivity (Wildman–Crippen MR) is 102 cm³/mol. The van der Waals surface area contributed by atoms with Gasteiger partial charge in [-0.2, -0.15) is 5.26 Å². The predicted octanol–water partition coefficient (Wildman–Crippen LogP) is 4.69. The highest BCUT2D eigenvalue weighted by Gasteiger charge is 2.33. The third-order valence-electron chi connectivity index (χ3n) is 4.93. The van der Waals surface area contributed by atoms with E-state index in [9.17, 15) is 5.26 Å². The molecule has 1 aliphatic rings. The maximum Gasteiger partial charge on any atom is 0.152 e. The van der Waals surface area contributed by atoms with E-state index in [4.69, 9.17) is 14.1 Å². The zero-order valence-electron chi connectivity index (χ0n) is 16.1. The molecular formula is C21H27N3O2. The van der Waals surface area contributed by atoms with Crippen LogP contribution in [0.3, 0.4) is 0 Å². The molecule has 1 aliphatic heterocycles. The SMILES string of the molecule is CCCCN(CC)c1nc(-c2ccco2)c2c(c1C#N)CC(C)(C)OC2. The van der Waals surface area contributed by atoms with Crippen LogP contribution in [0.4, 0.5) is 5.82 Å². The lowest BCUT2D eigenvalue weighted by atomic mass is 9.87. The van der Waals surface area contributed by atoms with Gasteiger partial charge in [-0.1, -0.05) is 13.3 Å². The summed E-state index contributed by atoms with van der Waals surface area (Å²) in [4.78, 5) is 7.11. The molecular weight excluding hydrogens is 326 g/mol. The largest absolute Gasteiger partial charge is 0.463 e. The average molecular weight is 353 g/mol. The fourth-order valence-electron chi connectivity index (χ4n) is 3.48. The highest BCUT2D eigenvalue weighted by atomic mass is 16.5. The zero-order chi connectivity index (χ0) is 18.7. The summed E-state index contributed by atoms with van der Waals surface area (Å²) in [6, 6.07) is 6.22. The second-order valence-electron chi connectivity index (χ2n) is 7.36. The summed E-state index contributed by atoms with van der Waals surface area (Å²) in [6.45, 7) is 10.6. The third kappa shape index (κ3) is 3.47. The van der Waals surface area contributed by atoms with Crippen LogP contribution in [0.25, 0.3) is 11.5 Å². The zero-order valence-corrected chi connectivity index (χ0v) is 16.1. The summed E-state index contributed by atoms with van der Waals surface area (Å²) in [5.41, 5.74) is 3.22. The van der Waals surface area contributed by atoms with Crippen LogP contribution in [0.1, 0.15) is 57.2 Å². The van der Waals surface area contributed by atoms with E-state index >= 15 is 0 Å². The van der Waals surface area contributed by atoms with Crippen molar-refractivity contribution >= 4 is 5.82 Å². The molecule has 3 heterocycles. The summed E-state index contributed by atoms with van der Waals surface area (Å²) in [5.74, 6) is 1.49. The van der Waals surface area contributed by atoms with E-state index in [1.54, 1.807) is 6.26 Å². The molecule has 0 radical (unpaired) electrons. The fraction of sp³-hybridized carbons (Fsp3) is 0.524. The highest BCUT2D eigenvalue weighted by molar-refractivity contribution is 5.70. The maximum absolute atomic E-state index is 9.96. The third-order valence-corrected chi connectivity index (χ3v) is 4.93. The van der Waals surface area contributed by atoms with Crippen molar-refractivity contribution in [3.63, 3.8) is 0 Å². The van der Waals surface area contributed by atoms with E-state index in [-0.39, 0.29) is 5.60 Å². The number of anilines is 1. The molecule has 0 atom stereocenters. The molecule has 5 heteroatoms. The molecule has 3 rings (SSSR count). The van der Waals surface area contributed by atoms with Gasteiger partial charge in [-0.25, -0.2) is 4.98 Å². The highest BCUT2D eigenvalue weighted by Crippen LogP contribution is 2.38. The quantitative estimate of drug-likeness (QED) is 0.754. The lowest BCUT2D eigenvalue weighted by Crippen LogP contribution is -2.34. The first kappa shape index (κ1) is 18.5. The number of aromatic nitrogens is 1. The van der Waals surface area contributed by atoms with Crippen molar-refractivity contribution in [1.82, 2.24) is 4.98 Å². The second-order valence-corrected chi connectivity index (χ2v) is 7.36. The van der Waals surface area contributed by atoms with Crippen molar-refractivity contribution in [3.8, 4) is 17.5 Å². The number of fused-ring (bicyclic) bond motifs is 1. The van der Waals surface area contributed by atoms with E-state index in [2.05, 4.69) is 38.7 Å². The number of unbranched alkanes of at least 4 members (excludes halogenated alkanes) is 1. The monoisotopic (exact) mass is 353 g/mol. The van der Waals surface area contributed by atoms with Gasteiger partial charge in [0.25, 0.3) is 0 Å². The molecule has 0 spiro atoms. The smallest absolute Gasteiger partial charge is 0.152 e.